The molecule has 17 heavy (non-hydrogen) atoms. The minimum absolute atomic E-state index is 0.580. The van der Waals surface area contributed by atoms with Crippen molar-refractivity contribution in [1.29, 1.82) is 0 Å². The molecular formula is C14H23N3. The Labute approximate surface area is 104 Å². The summed E-state index contributed by atoms with van der Waals surface area (Å²) in [4.78, 5) is 6.77. The van der Waals surface area contributed by atoms with Crippen LogP contribution in [0.4, 0.5) is 11.5 Å². The molecule has 1 saturated carbocycles. The van der Waals surface area contributed by atoms with Crippen LogP contribution in [0.25, 0.3) is 0 Å². The van der Waals surface area contributed by atoms with Gasteiger partial charge in [0.05, 0.1) is 11.9 Å². The van der Waals surface area contributed by atoms with Crippen molar-refractivity contribution in [2.24, 2.45) is 5.92 Å². The highest BCUT2D eigenvalue weighted by molar-refractivity contribution is 5.49. The predicted molar refractivity (Wildman–Crippen MR) is 73.6 cm³/mol. The molecule has 0 saturated heterocycles. The largest absolute Gasteiger partial charge is 0.381 e. The maximum Gasteiger partial charge on any atom is 0.128 e. The fourth-order valence-corrected chi connectivity index (χ4v) is 2.18. The molecule has 1 unspecified atom stereocenters. The minimum atomic E-state index is 0.580. The van der Waals surface area contributed by atoms with Gasteiger partial charge in [0.1, 0.15) is 5.82 Å². The highest BCUT2D eigenvalue weighted by atomic mass is 15.2. The molecule has 94 valence electrons. The lowest BCUT2D eigenvalue weighted by atomic mass is 10.2. The third-order valence-corrected chi connectivity index (χ3v) is 3.56. The quantitative estimate of drug-likeness (QED) is 0.818. The average molecular weight is 233 g/mol. The summed E-state index contributed by atoms with van der Waals surface area (Å²) in [5, 5.41) is 3.52. The zero-order valence-electron chi connectivity index (χ0n) is 11.1. The monoisotopic (exact) mass is 233 g/mol. The van der Waals surface area contributed by atoms with Crippen molar-refractivity contribution in [2.75, 3.05) is 23.3 Å². The summed E-state index contributed by atoms with van der Waals surface area (Å²) >= 11 is 0. The number of rotatable bonds is 6. The van der Waals surface area contributed by atoms with E-state index in [-0.39, 0.29) is 0 Å². The molecule has 1 aliphatic carbocycles. The molecule has 1 aromatic heterocycles. The van der Waals surface area contributed by atoms with Gasteiger partial charge in [0.25, 0.3) is 0 Å². The van der Waals surface area contributed by atoms with E-state index in [0.29, 0.717) is 6.04 Å². The summed E-state index contributed by atoms with van der Waals surface area (Å²) in [5.41, 5.74) is 1.14. The molecule has 2 rings (SSSR count). The average Bonchev–Trinajstić information content (AvgIpc) is 3.17. The van der Waals surface area contributed by atoms with E-state index in [2.05, 4.69) is 48.1 Å². The van der Waals surface area contributed by atoms with Crippen molar-refractivity contribution in [3.63, 3.8) is 0 Å². The van der Waals surface area contributed by atoms with Gasteiger partial charge in [-0.1, -0.05) is 0 Å². The third-order valence-electron chi connectivity index (χ3n) is 3.56. The summed E-state index contributed by atoms with van der Waals surface area (Å²) in [6.45, 7) is 8.60. The third kappa shape index (κ3) is 3.11. The van der Waals surface area contributed by atoms with E-state index in [0.717, 1.165) is 30.5 Å². The first-order valence-corrected chi connectivity index (χ1v) is 6.72. The fourth-order valence-electron chi connectivity index (χ4n) is 2.18. The van der Waals surface area contributed by atoms with Crippen LogP contribution in [0.3, 0.4) is 0 Å². The van der Waals surface area contributed by atoms with Crippen LogP contribution >= 0.6 is 0 Å². The second-order valence-electron chi connectivity index (χ2n) is 4.85. The summed E-state index contributed by atoms with van der Waals surface area (Å²) < 4.78 is 0. The molecular weight excluding hydrogens is 210 g/mol. The van der Waals surface area contributed by atoms with Gasteiger partial charge in [0.15, 0.2) is 0 Å². The highest BCUT2D eigenvalue weighted by Gasteiger charge is 2.27. The van der Waals surface area contributed by atoms with Gasteiger partial charge in [0.2, 0.25) is 0 Å². The standard InChI is InChI=1S/C14H23N3/c1-4-17(5-2)14-9-8-13(10-15-14)16-11(3)12-6-7-12/h8-12,16H,4-7H2,1-3H3. The topological polar surface area (TPSA) is 28.2 Å². The number of pyridine rings is 1. The van der Waals surface area contributed by atoms with Gasteiger partial charge in [-0.15, -0.1) is 0 Å². The predicted octanol–water partition coefficient (Wildman–Crippen LogP) is 3.14. The maximum absolute atomic E-state index is 4.52. The van der Waals surface area contributed by atoms with Gasteiger partial charge in [-0.05, 0) is 51.7 Å². The van der Waals surface area contributed by atoms with Crippen molar-refractivity contribution in [3.05, 3.63) is 18.3 Å². The molecule has 1 aliphatic rings. The second-order valence-corrected chi connectivity index (χ2v) is 4.85. The van der Waals surface area contributed by atoms with Crippen LogP contribution in [0.15, 0.2) is 18.3 Å². The van der Waals surface area contributed by atoms with Crippen molar-refractivity contribution in [2.45, 2.75) is 39.7 Å². The molecule has 0 aromatic carbocycles. The van der Waals surface area contributed by atoms with Crippen molar-refractivity contribution < 1.29 is 0 Å². The molecule has 0 bridgehead atoms. The van der Waals surface area contributed by atoms with E-state index in [4.69, 9.17) is 0 Å². The Balaban J connectivity index is 1.96. The molecule has 1 atom stereocenters. The molecule has 1 heterocycles. The van der Waals surface area contributed by atoms with Crippen molar-refractivity contribution >= 4 is 11.5 Å². The first kappa shape index (κ1) is 12.2. The van der Waals surface area contributed by atoms with Gasteiger partial charge in [-0.25, -0.2) is 4.98 Å². The Bertz CT molecular complexity index is 339. The molecule has 1 aromatic rings. The summed E-state index contributed by atoms with van der Waals surface area (Å²) in [5.74, 6) is 1.94. The first-order valence-electron chi connectivity index (χ1n) is 6.72. The van der Waals surface area contributed by atoms with E-state index in [9.17, 15) is 0 Å². The van der Waals surface area contributed by atoms with Gasteiger partial charge in [0, 0.05) is 19.1 Å². The zero-order valence-corrected chi connectivity index (χ0v) is 11.1. The number of aromatic nitrogens is 1. The highest BCUT2D eigenvalue weighted by Crippen LogP contribution is 2.33. The van der Waals surface area contributed by atoms with Crippen LogP contribution in [0.1, 0.15) is 33.6 Å². The normalized spacial score (nSPS) is 16.6. The van der Waals surface area contributed by atoms with Crippen LogP contribution < -0.4 is 10.2 Å². The maximum atomic E-state index is 4.52. The molecule has 3 heteroatoms. The summed E-state index contributed by atoms with van der Waals surface area (Å²) in [6.07, 6.45) is 4.70. The van der Waals surface area contributed by atoms with Gasteiger partial charge < -0.3 is 10.2 Å². The second kappa shape index (κ2) is 5.39. The molecule has 0 aliphatic heterocycles. The Morgan fingerprint density at radius 1 is 1.35 bits per heavy atom. The number of nitrogens with one attached hydrogen (secondary N) is 1. The van der Waals surface area contributed by atoms with Crippen molar-refractivity contribution in [3.8, 4) is 0 Å². The van der Waals surface area contributed by atoms with E-state index in [1.165, 1.54) is 12.8 Å². The van der Waals surface area contributed by atoms with Crippen molar-refractivity contribution in [1.82, 2.24) is 4.98 Å². The summed E-state index contributed by atoms with van der Waals surface area (Å²) in [6, 6.07) is 4.82. The molecule has 1 N–H and O–H groups in total. The van der Waals surface area contributed by atoms with Gasteiger partial charge in [-0.2, -0.15) is 0 Å². The van der Waals surface area contributed by atoms with E-state index in [1.807, 2.05) is 6.20 Å². The Hall–Kier alpha value is -1.25. The van der Waals surface area contributed by atoms with Crippen LogP contribution in [0.5, 0.6) is 0 Å². The van der Waals surface area contributed by atoms with Crippen LogP contribution in [-0.2, 0) is 0 Å². The van der Waals surface area contributed by atoms with E-state index < -0.39 is 0 Å². The Morgan fingerprint density at radius 2 is 2.06 bits per heavy atom. The first-order chi connectivity index (χ1) is 8.24. The van der Waals surface area contributed by atoms with Crippen LogP contribution in [0, 0.1) is 5.92 Å². The fraction of sp³-hybridized carbons (Fsp3) is 0.643. The SMILES string of the molecule is CCN(CC)c1ccc(NC(C)C2CC2)cn1. The molecule has 1 fully saturated rings. The number of hydrogen-bond donors (Lipinski definition) is 1. The smallest absolute Gasteiger partial charge is 0.128 e. The molecule has 0 spiro atoms. The van der Waals surface area contributed by atoms with E-state index >= 15 is 0 Å². The van der Waals surface area contributed by atoms with Gasteiger partial charge in [-0.3, -0.25) is 0 Å². The van der Waals surface area contributed by atoms with E-state index in [1.54, 1.807) is 0 Å². The summed E-state index contributed by atoms with van der Waals surface area (Å²) in [7, 11) is 0. The number of nitrogens with zero attached hydrogens (tertiary/aromatic N) is 2. The Morgan fingerprint density at radius 3 is 2.53 bits per heavy atom. The number of hydrogen-bond acceptors (Lipinski definition) is 3. The lowest BCUT2D eigenvalue weighted by Gasteiger charge is -2.20. The van der Waals surface area contributed by atoms with Crippen LogP contribution in [0.2, 0.25) is 0 Å². The molecule has 0 radical (unpaired) electrons. The molecule has 0 amide bonds. The van der Waals surface area contributed by atoms with Gasteiger partial charge >= 0.3 is 0 Å². The zero-order chi connectivity index (χ0) is 12.3. The lowest BCUT2D eigenvalue weighted by Crippen LogP contribution is -2.23. The molecule has 3 nitrogen and oxygen atoms in total. The van der Waals surface area contributed by atoms with Crippen LogP contribution in [-0.4, -0.2) is 24.1 Å². The number of anilines is 2. The minimum Gasteiger partial charge on any atom is -0.381 e. The Kier molecular flexibility index (Phi) is 3.87. The lowest BCUT2D eigenvalue weighted by molar-refractivity contribution is 0.693.